The van der Waals surface area contributed by atoms with Gasteiger partial charge in [0.15, 0.2) is 5.69 Å². The maximum Gasteiger partial charge on any atom is 0.405 e. The maximum atomic E-state index is 12.8. The number of halogens is 1. The Morgan fingerprint density at radius 2 is 1.58 bits per heavy atom. The van der Waals surface area contributed by atoms with Gasteiger partial charge in [-0.05, 0) is 34.5 Å². The van der Waals surface area contributed by atoms with Gasteiger partial charge in [-0.15, -0.1) is 0 Å². The Labute approximate surface area is 193 Å². The summed E-state index contributed by atoms with van der Waals surface area (Å²) in [6, 6.07) is 18.7. The third kappa shape index (κ3) is 4.84. The number of sulfone groups is 1. The molecule has 0 radical (unpaired) electrons. The number of nitrogens with zero attached hydrogens (tertiary/aromatic N) is 2. The molecule has 0 N–H and O–H groups in total. The van der Waals surface area contributed by atoms with Crippen LogP contribution in [0, 0.1) is 0 Å². The van der Waals surface area contributed by atoms with Crippen molar-refractivity contribution in [1.29, 1.82) is 0 Å². The lowest BCUT2D eigenvalue weighted by molar-refractivity contribution is -0.187. The molecule has 0 saturated carbocycles. The monoisotopic (exact) mass is 482 g/mol. The largest absolute Gasteiger partial charge is 0.405 e. The molecule has 4 rings (SSSR count). The molecule has 0 spiro atoms. The summed E-state index contributed by atoms with van der Waals surface area (Å²) >= 11 is 5.85. The van der Waals surface area contributed by atoms with Gasteiger partial charge in [-0.25, -0.2) is 37.7 Å². The van der Waals surface area contributed by atoms with E-state index in [4.69, 9.17) is 16.5 Å². The number of rotatable bonds is 4. The molecule has 0 fully saturated rings. The predicted octanol–water partition coefficient (Wildman–Crippen LogP) is 4.28. The van der Waals surface area contributed by atoms with Gasteiger partial charge in [0.25, 0.3) is 0 Å². The number of carbonyl (C=O) groups excluding carboxylic acids is 2. The summed E-state index contributed by atoms with van der Waals surface area (Å²) in [5.74, 6) is -2.13. The molecule has 4 aromatic rings. The first-order valence-corrected chi connectivity index (χ1v) is 11.7. The Morgan fingerprint density at radius 1 is 0.879 bits per heavy atom. The zero-order valence-electron chi connectivity index (χ0n) is 17.1. The second kappa shape index (κ2) is 8.97. The van der Waals surface area contributed by atoms with Crippen LogP contribution in [0.3, 0.4) is 0 Å². The Morgan fingerprint density at radius 3 is 2.33 bits per heavy atom. The van der Waals surface area contributed by atoms with Crippen molar-refractivity contribution in [3.8, 4) is 11.1 Å². The molecule has 0 aliphatic heterocycles. The second-order valence-corrected chi connectivity index (χ2v) is 9.31. The Kier molecular flexibility index (Phi) is 6.08. The first kappa shape index (κ1) is 22.4. The standard InChI is InChI=1S/C23H15ClN2O6S/c1-33(29,30)23-25-13-19(18-11-5-7-14-6-2-3-10-17(14)18)20(26-23)22(28)32-31-21(27)15-8-4-9-16(24)12-15/h2-13H,1H3. The van der Waals surface area contributed by atoms with Crippen molar-refractivity contribution in [1.82, 2.24) is 9.97 Å². The van der Waals surface area contributed by atoms with Gasteiger partial charge in [-0.3, -0.25) is 0 Å². The van der Waals surface area contributed by atoms with Crippen LogP contribution in [0.15, 0.2) is 78.1 Å². The van der Waals surface area contributed by atoms with Crippen LogP contribution in [-0.4, -0.2) is 36.6 Å². The summed E-state index contributed by atoms with van der Waals surface area (Å²) in [4.78, 5) is 42.2. The average Bonchev–Trinajstić information content (AvgIpc) is 2.81. The van der Waals surface area contributed by atoms with Crippen LogP contribution in [0.1, 0.15) is 20.8 Å². The van der Waals surface area contributed by atoms with Crippen LogP contribution in [0.4, 0.5) is 0 Å². The summed E-state index contributed by atoms with van der Waals surface area (Å²) < 4.78 is 24.0. The van der Waals surface area contributed by atoms with Crippen molar-refractivity contribution in [2.24, 2.45) is 0 Å². The van der Waals surface area contributed by atoms with E-state index < -0.39 is 26.9 Å². The maximum absolute atomic E-state index is 12.8. The van der Waals surface area contributed by atoms with Gasteiger partial charge >= 0.3 is 11.9 Å². The number of hydrogen-bond donors (Lipinski definition) is 0. The lowest BCUT2D eigenvalue weighted by atomic mass is 9.98. The van der Waals surface area contributed by atoms with Gasteiger partial charge in [0.05, 0.1) is 5.56 Å². The number of benzene rings is 3. The van der Waals surface area contributed by atoms with Gasteiger partial charge < -0.3 is 0 Å². The minimum absolute atomic E-state index is 0.0593. The van der Waals surface area contributed by atoms with Gasteiger partial charge in [0.2, 0.25) is 15.0 Å². The third-order valence-corrected chi connectivity index (χ3v) is 5.72. The molecule has 10 heteroatoms. The van der Waals surface area contributed by atoms with Crippen LogP contribution >= 0.6 is 11.6 Å². The topological polar surface area (TPSA) is 113 Å². The summed E-state index contributed by atoms with van der Waals surface area (Å²) in [5, 5.41) is 1.39. The molecule has 3 aromatic carbocycles. The van der Waals surface area contributed by atoms with Crippen LogP contribution in [0.5, 0.6) is 0 Å². The first-order valence-electron chi connectivity index (χ1n) is 9.48. The highest BCUT2D eigenvalue weighted by Gasteiger charge is 2.24. The van der Waals surface area contributed by atoms with E-state index in [1.807, 2.05) is 30.3 Å². The van der Waals surface area contributed by atoms with Crippen LogP contribution in [0.25, 0.3) is 21.9 Å². The van der Waals surface area contributed by atoms with E-state index in [2.05, 4.69) is 14.9 Å². The Balaban J connectivity index is 1.74. The summed E-state index contributed by atoms with van der Waals surface area (Å²) in [6.07, 6.45) is 2.13. The zero-order valence-corrected chi connectivity index (χ0v) is 18.6. The van der Waals surface area contributed by atoms with E-state index in [9.17, 15) is 18.0 Å². The third-order valence-electron chi connectivity index (χ3n) is 4.62. The molecule has 1 heterocycles. The van der Waals surface area contributed by atoms with Crippen molar-refractivity contribution in [2.45, 2.75) is 5.16 Å². The van der Waals surface area contributed by atoms with E-state index in [1.54, 1.807) is 18.2 Å². The molecule has 8 nitrogen and oxygen atoms in total. The Hall–Kier alpha value is -3.82. The molecule has 0 aliphatic rings. The minimum atomic E-state index is -3.83. The van der Waals surface area contributed by atoms with Crippen molar-refractivity contribution < 1.29 is 27.8 Å². The fourth-order valence-electron chi connectivity index (χ4n) is 3.14. The van der Waals surface area contributed by atoms with Gasteiger partial charge in [0.1, 0.15) is 0 Å². The molecular weight excluding hydrogens is 468 g/mol. The number of fused-ring (bicyclic) bond motifs is 1. The average molecular weight is 483 g/mol. The SMILES string of the molecule is CS(=O)(=O)c1ncc(-c2cccc3ccccc23)c(C(=O)OOC(=O)c2cccc(Cl)c2)n1. The minimum Gasteiger partial charge on any atom is -0.242 e. The fraction of sp³-hybridized carbons (Fsp3) is 0.0435. The van der Waals surface area contributed by atoms with E-state index in [-0.39, 0.29) is 16.8 Å². The van der Waals surface area contributed by atoms with E-state index in [0.29, 0.717) is 10.6 Å². The fourth-order valence-corrected chi connectivity index (χ4v) is 3.83. The molecule has 0 amide bonds. The van der Waals surface area contributed by atoms with Gasteiger partial charge in [-0.1, -0.05) is 60.1 Å². The van der Waals surface area contributed by atoms with Crippen molar-refractivity contribution in [2.75, 3.05) is 6.26 Å². The highest BCUT2D eigenvalue weighted by Crippen LogP contribution is 2.31. The molecule has 1 aromatic heterocycles. The Bertz CT molecular complexity index is 1500. The molecule has 166 valence electrons. The molecule has 0 aliphatic carbocycles. The van der Waals surface area contributed by atoms with Crippen LogP contribution < -0.4 is 0 Å². The smallest absolute Gasteiger partial charge is 0.242 e. The highest BCUT2D eigenvalue weighted by molar-refractivity contribution is 7.90. The molecule has 33 heavy (non-hydrogen) atoms. The van der Waals surface area contributed by atoms with Gasteiger partial charge in [0, 0.05) is 23.0 Å². The first-order chi connectivity index (χ1) is 15.7. The predicted molar refractivity (Wildman–Crippen MR) is 120 cm³/mol. The number of aromatic nitrogens is 2. The second-order valence-electron chi connectivity index (χ2n) is 6.97. The normalized spacial score (nSPS) is 11.2. The van der Waals surface area contributed by atoms with E-state index in [0.717, 1.165) is 17.0 Å². The molecular formula is C23H15ClN2O6S. The lowest BCUT2D eigenvalue weighted by Gasteiger charge is -2.11. The summed E-state index contributed by atoms with van der Waals surface area (Å²) in [5.41, 5.74) is 0.467. The van der Waals surface area contributed by atoms with Crippen molar-refractivity contribution in [3.63, 3.8) is 0 Å². The van der Waals surface area contributed by atoms with E-state index >= 15 is 0 Å². The quantitative estimate of drug-likeness (QED) is 0.240. The van der Waals surface area contributed by atoms with E-state index in [1.165, 1.54) is 24.4 Å². The molecule has 0 saturated heterocycles. The van der Waals surface area contributed by atoms with Crippen LogP contribution in [-0.2, 0) is 19.6 Å². The number of hydrogen-bond acceptors (Lipinski definition) is 8. The number of carbonyl (C=O) groups is 2. The summed E-state index contributed by atoms with van der Waals surface area (Å²) in [7, 11) is -3.83. The van der Waals surface area contributed by atoms with Gasteiger partial charge in [-0.2, -0.15) is 0 Å². The lowest BCUT2D eigenvalue weighted by Crippen LogP contribution is -2.16. The zero-order chi connectivity index (χ0) is 23.6. The molecule has 0 atom stereocenters. The van der Waals surface area contributed by atoms with Crippen LogP contribution in [0.2, 0.25) is 5.02 Å². The van der Waals surface area contributed by atoms with Crippen molar-refractivity contribution >= 4 is 44.1 Å². The molecule has 0 unspecified atom stereocenters. The highest BCUT2D eigenvalue weighted by atomic mass is 35.5. The van der Waals surface area contributed by atoms with Crippen molar-refractivity contribution in [3.05, 3.63) is 89.2 Å². The summed E-state index contributed by atoms with van der Waals surface area (Å²) in [6.45, 7) is 0. The molecule has 0 bridgehead atoms.